The Morgan fingerprint density at radius 1 is 1.33 bits per heavy atom. The average Bonchev–Trinajstić information content (AvgIpc) is 2.07. The van der Waals surface area contributed by atoms with Gasteiger partial charge in [-0.05, 0) is 32.7 Å². The van der Waals surface area contributed by atoms with Crippen LogP contribution in [0.4, 0.5) is 0 Å². The molecule has 0 saturated heterocycles. The molecule has 0 spiro atoms. The largest absolute Gasteiger partial charge is 0.310 e. The lowest BCUT2D eigenvalue weighted by Crippen LogP contribution is -2.40. The summed E-state index contributed by atoms with van der Waals surface area (Å²) in [5.41, 5.74) is 0. The predicted octanol–water partition coefficient (Wildman–Crippen LogP) is 1.74. The number of likely N-dealkylation sites (N-methyl/N-ethyl adjacent to an activating group) is 1. The summed E-state index contributed by atoms with van der Waals surface area (Å²) in [4.78, 5) is 11.2. The molecule has 2 heteroatoms. The summed E-state index contributed by atoms with van der Waals surface area (Å²) in [6, 6.07) is 0.116. The zero-order valence-corrected chi connectivity index (χ0v) is 8.10. The van der Waals surface area contributed by atoms with Gasteiger partial charge < -0.3 is 5.32 Å². The van der Waals surface area contributed by atoms with Crippen molar-refractivity contribution in [3.05, 3.63) is 0 Å². The van der Waals surface area contributed by atoms with Crippen molar-refractivity contribution in [1.29, 1.82) is 0 Å². The van der Waals surface area contributed by atoms with E-state index in [0.29, 0.717) is 11.7 Å². The Labute approximate surface area is 74.7 Å². The highest BCUT2D eigenvalue weighted by Gasteiger charge is 2.25. The molecule has 0 aromatic heterocycles. The average molecular weight is 169 g/mol. The van der Waals surface area contributed by atoms with Crippen LogP contribution in [0.25, 0.3) is 0 Å². The Kier molecular flexibility index (Phi) is 3.73. The second-order valence-corrected chi connectivity index (χ2v) is 3.78. The molecule has 0 amide bonds. The van der Waals surface area contributed by atoms with Gasteiger partial charge in [-0.15, -0.1) is 0 Å². The zero-order chi connectivity index (χ0) is 8.97. The zero-order valence-electron chi connectivity index (χ0n) is 8.10. The Balaban J connectivity index is 2.46. The normalized spacial score (nSPS) is 22.2. The molecule has 70 valence electrons. The van der Waals surface area contributed by atoms with Gasteiger partial charge in [0.2, 0.25) is 0 Å². The van der Waals surface area contributed by atoms with Gasteiger partial charge in [-0.1, -0.05) is 19.3 Å². The lowest BCUT2D eigenvalue weighted by Gasteiger charge is -2.28. The maximum Gasteiger partial charge on any atom is 0.146 e. The number of rotatable bonds is 3. The van der Waals surface area contributed by atoms with E-state index >= 15 is 0 Å². The van der Waals surface area contributed by atoms with Crippen molar-refractivity contribution in [3.8, 4) is 0 Å². The molecule has 1 unspecified atom stereocenters. The molecule has 1 saturated carbocycles. The monoisotopic (exact) mass is 169 g/mol. The highest BCUT2D eigenvalue weighted by molar-refractivity contribution is 5.81. The molecule has 2 nitrogen and oxygen atoms in total. The summed E-state index contributed by atoms with van der Waals surface area (Å²) >= 11 is 0. The molecule has 1 N–H and O–H groups in total. The van der Waals surface area contributed by atoms with Crippen LogP contribution in [0.15, 0.2) is 0 Å². The van der Waals surface area contributed by atoms with Gasteiger partial charge in [0, 0.05) is 0 Å². The predicted molar refractivity (Wildman–Crippen MR) is 50.1 cm³/mol. The number of nitrogens with one attached hydrogen (secondary N) is 1. The molecular weight excluding hydrogens is 150 g/mol. The standard InChI is InChI=1S/C10H19NO/c1-8(12)10(11-2)9-6-4-3-5-7-9/h9-11H,3-7H2,1-2H3. The number of hydrogen-bond donors (Lipinski definition) is 1. The SMILES string of the molecule is CNC(C(C)=O)C1CCCCC1. The van der Waals surface area contributed by atoms with Crippen molar-refractivity contribution in [1.82, 2.24) is 5.32 Å². The van der Waals surface area contributed by atoms with Crippen LogP contribution in [0, 0.1) is 5.92 Å². The van der Waals surface area contributed by atoms with Crippen molar-refractivity contribution in [3.63, 3.8) is 0 Å². The Morgan fingerprint density at radius 3 is 2.33 bits per heavy atom. The van der Waals surface area contributed by atoms with Crippen LogP contribution in [-0.4, -0.2) is 18.9 Å². The molecule has 0 radical (unpaired) electrons. The maximum atomic E-state index is 11.2. The van der Waals surface area contributed by atoms with E-state index in [1.165, 1.54) is 32.1 Å². The maximum absolute atomic E-state index is 11.2. The molecule has 1 fully saturated rings. The molecule has 0 aliphatic heterocycles. The topological polar surface area (TPSA) is 29.1 Å². The van der Waals surface area contributed by atoms with Crippen LogP contribution in [0.3, 0.4) is 0 Å². The van der Waals surface area contributed by atoms with Crippen molar-refractivity contribution >= 4 is 5.78 Å². The van der Waals surface area contributed by atoms with Crippen LogP contribution in [0.5, 0.6) is 0 Å². The van der Waals surface area contributed by atoms with Gasteiger partial charge >= 0.3 is 0 Å². The van der Waals surface area contributed by atoms with E-state index in [-0.39, 0.29) is 6.04 Å². The first-order valence-corrected chi connectivity index (χ1v) is 4.93. The Morgan fingerprint density at radius 2 is 1.92 bits per heavy atom. The minimum absolute atomic E-state index is 0.116. The lowest BCUT2D eigenvalue weighted by atomic mass is 9.82. The van der Waals surface area contributed by atoms with E-state index in [4.69, 9.17) is 0 Å². The van der Waals surface area contributed by atoms with Gasteiger partial charge in [0.25, 0.3) is 0 Å². The third kappa shape index (κ3) is 2.31. The summed E-state index contributed by atoms with van der Waals surface area (Å²) in [5, 5.41) is 3.12. The lowest BCUT2D eigenvalue weighted by molar-refractivity contribution is -0.120. The molecule has 0 aromatic carbocycles. The van der Waals surface area contributed by atoms with E-state index in [1.54, 1.807) is 6.92 Å². The van der Waals surface area contributed by atoms with Gasteiger partial charge in [0.15, 0.2) is 0 Å². The Hall–Kier alpha value is -0.370. The fourth-order valence-electron chi connectivity index (χ4n) is 2.24. The minimum Gasteiger partial charge on any atom is -0.310 e. The molecule has 12 heavy (non-hydrogen) atoms. The van der Waals surface area contributed by atoms with Crippen LogP contribution in [-0.2, 0) is 4.79 Å². The highest BCUT2D eigenvalue weighted by Crippen LogP contribution is 2.26. The van der Waals surface area contributed by atoms with E-state index in [9.17, 15) is 4.79 Å². The summed E-state index contributed by atoms with van der Waals surface area (Å²) in [5.74, 6) is 0.894. The second-order valence-electron chi connectivity index (χ2n) is 3.78. The second kappa shape index (κ2) is 4.61. The van der Waals surface area contributed by atoms with Gasteiger partial charge in [-0.25, -0.2) is 0 Å². The van der Waals surface area contributed by atoms with E-state index in [1.807, 2.05) is 7.05 Å². The summed E-state index contributed by atoms with van der Waals surface area (Å²) in [6.07, 6.45) is 6.41. The van der Waals surface area contributed by atoms with E-state index in [0.717, 1.165) is 0 Å². The van der Waals surface area contributed by atoms with E-state index < -0.39 is 0 Å². The summed E-state index contributed by atoms with van der Waals surface area (Å²) < 4.78 is 0. The minimum atomic E-state index is 0.116. The van der Waals surface area contributed by atoms with Crippen molar-refractivity contribution in [2.75, 3.05) is 7.05 Å². The number of carbonyl (C=O) groups excluding carboxylic acids is 1. The first-order valence-electron chi connectivity index (χ1n) is 4.93. The number of ketones is 1. The van der Waals surface area contributed by atoms with Gasteiger partial charge in [-0.3, -0.25) is 4.79 Å². The van der Waals surface area contributed by atoms with Crippen molar-refractivity contribution in [2.45, 2.75) is 45.1 Å². The number of Topliss-reactive ketones (excluding diaryl/α,β-unsaturated/α-hetero) is 1. The molecule has 1 rings (SSSR count). The highest BCUT2D eigenvalue weighted by atomic mass is 16.1. The molecule has 1 aliphatic rings. The first-order chi connectivity index (χ1) is 5.75. The van der Waals surface area contributed by atoms with Crippen LogP contribution in [0.2, 0.25) is 0 Å². The molecule has 0 heterocycles. The molecule has 1 aliphatic carbocycles. The van der Waals surface area contributed by atoms with Gasteiger partial charge in [0.05, 0.1) is 6.04 Å². The van der Waals surface area contributed by atoms with Crippen molar-refractivity contribution in [2.24, 2.45) is 5.92 Å². The van der Waals surface area contributed by atoms with Gasteiger partial charge in [-0.2, -0.15) is 0 Å². The molecule has 1 atom stereocenters. The van der Waals surface area contributed by atoms with Crippen LogP contribution < -0.4 is 5.32 Å². The van der Waals surface area contributed by atoms with Crippen LogP contribution >= 0.6 is 0 Å². The number of carbonyl (C=O) groups is 1. The van der Waals surface area contributed by atoms with E-state index in [2.05, 4.69) is 5.32 Å². The van der Waals surface area contributed by atoms with Crippen LogP contribution in [0.1, 0.15) is 39.0 Å². The fourth-order valence-corrected chi connectivity index (χ4v) is 2.24. The number of hydrogen-bond acceptors (Lipinski definition) is 2. The third-order valence-electron chi connectivity index (χ3n) is 2.87. The summed E-state index contributed by atoms with van der Waals surface area (Å²) in [7, 11) is 1.89. The summed E-state index contributed by atoms with van der Waals surface area (Å²) in [6.45, 7) is 1.69. The third-order valence-corrected chi connectivity index (χ3v) is 2.87. The van der Waals surface area contributed by atoms with Crippen molar-refractivity contribution < 1.29 is 4.79 Å². The Bertz CT molecular complexity index is 150. The smallest absolute Gasteiger partial charge is 0.146 e. The first kappa shape index (κ1) is 9.72. The molecular formula is C10H19NO. The molecule has 0 aromatic rings. The van der Waals surface area contributed by atoms with Gasteiger partial charge in [0.1, 0.15) is 5.78 Å². The quantitative estimate of drug-likeness (QED) is 0.697. The fraction of sp³-hybridized carbons (Fsp3) is 0.900. The molecule has 0 bridgehead atoms.